The van der Waals surface area contributed by atoms with Gasteiger partial charge in [-0.2, -0.15) is 31.4 Å². The molecular formula is C26H25F6N9O. The number of alkyl halides is 6. The second kappa shape index (κ2) is 11.4. The summed E-state index contributed by atoms with van der Waals surface area (Å²) < 4.78 is 78.5. The molecule has 0 saturated carbocycles. The topological polar surface area (TPSA) is 117 Å². The molecule has 0 unspecified atom stereocenters. The number of hydrogen-bond donors (Lipinski definition) is 3. The molecule has 4 aromatic rings. The van der Waals surface area contributed by atoms with Gasteiger partial charge in [-0.25, -0.2) is 19.3 Å². The van der Waals surface area contributed by atoms with Crippen molar-refractivity contribution in [1.29, 1.82) is 0 Å². The molecule has 1 aromatic carbocycles. The molecule has 1 aliphatic rings. The standard InChI is InChI=1S/C26H25F6N9O/c27-25(28,29)14-40-10-8-39(9-11-40)13-18-12-19(22-23(33)34-15-35-41(18)22)16-4-6-17(7-5-16)36-24(42)38-21-3-1-2-20(37-21)26(30,31)32/h1-7,12,15H,8-11,13-14H2,(H2,33,34,35)(H2,36,37,38,42). The number of nitrogens with one attached hydrogen (secondary N) is 2. The monoisotopic (exact) mass is 593 g/mol. The molecule has 2 amide bonds. The van der Waals surface area contributed by atoms with E-state index in [0.29, 0.717) is 49.5 Å². The quantitative estimate of drug-likeness (QED) is 0.277. The summed E-state index contributed by atoms with van der Waals surface area (Å²) in [4.78, 5) is 23.3. The van der Waals surface area contributed by atoms with Crippen LogP contribution in [0.4, 0.5) is 48.5 Å². The van der Waals surface area contributed by atoms with E-state index in [4.69, 9.17) is 5.73 Å². The summed E-state index contributed by atoms with van der Waals surface area (Å²) in [5.74, 6) is -0.0274. The van der Waals surface area contributed by atoms with Gasteiger partial charge >= 0.3 is 18.4 Å². The summed E-state index contributed by atoms with van der Waals surface area (Å²) in [6, 6.07) is 10.9. The summed E-state index contributed by atoms with van der Waals surface area (Å²) in [6.07, 6.45) is -7.56. The third kappa shape index (κ3) is 6.88. The molecule has 0 radical (unpaired) electrons. The van der Waals surface area contributed by atoms with Gasteiger partial charge in [-0.1, -0.05) is 18.2 Å². The molecule has 0 spiro atoms. The van der Waals surface area contributed by atoms with Gasteiger partial charge in [0.25, 0.3) is 0 Å². The summed E-state index contributed by atoms with van der Waals surface area (Å²) in [5, 5.41) is 9.15. The molecule has 5 rings (SSSR count). The lowest BCUT2D eigenvalue weighted by Gasteiger charge is -2.34. The van der Waals surface area contributed by atoms with Crippen LogP contribution < -0.4 is 16.4 Å². The molecule has 0 bridgehead atoms. The maximum atomic E-state index is 12.9. The number of carbonyl (C=O) groups excluding carboxylic acids is 1. The van der Waals surface area contributed by atoms with Crippen molar-refractivity contribution in [3.63, 3.8) is 0 Å². The largest absolute Gasteiger partial charge is 0.433 e. The van der Waals surface area contributed by atoms with Crippen molar-refractivity contribution in [3.8, 4) is 11.1 Å². The maximum absolute atomic E-state index is 12.9. The molecule has 3 aromatic heterocycles. The highest BCUT2D eigenvalue weighted by Gasteiger charge is 2.33. The Morgan fingerprint density at radius 3 is 2.29 bits per heavy atom. The van der Waals surface area contributed by atoms with Crippen molar-refractivity contribution >= 4 is 28.9 Å². The number of rotatable bonds is 6. The number of carbonyl (C=O) groups is 1. The lowest BCUT2D eigenvalue weighted by atomic mass is 10.1. The van der Waals surface area contributed by atoms with Gasteiger partial charge in [0.05, 0.1) is 12.2 Å². The van der Waals surface area contributed by atoms with E-state index >= 15 is 0 Å². The van der Waals surface area contributed by atoms with Gasteiger partial charge in [0, 0.05) is 44.0 Å². The number of hydrogen-bond acceptors (Lipinski definition) is 7. The molecule has 4 heterocycles. The number of aromatic nitrogens is 4. The Morgan fingerprint density at radius 2 is 1.62 bits per heavy atom. The number of fused-ring (bicyclic) bond motifs is 1. The molecule has 10 nitrogen and oxygen atoms in total. The summed E-state index contributed by atoms with van der Waals surface area (Å²) >= 11 is 0. The molecule has 42 heavy (non-hydrogen) atoms. The van der Waals surface area contributed by atoms with E-state index < -0.39 is 30.6 Å². The fraction of sp³-hybridized carbons (Fsp3) is 0.308. The van der Waals surface area contributed by atoms with Crippen molar-refractivity contribution in [3.05, 3.63) is 66.2 Å². The van der Waals surface area contributed by atoms with Crippen LogP contribution in [0.1, 0.15) is 11.4 Å². The van der Waals surface area contributed by atoms with E-state index in [1.807, 2.05) is 11.0 Å². The highest BCUT2D eigenvalue weighted by molar-refractivity contribution is 5.99. The van der Waals surface area contributed by atoms with E-state index in [-0.39, 0.29) is 11.6 Å². The number of urea groups is 1. The van der Waals surface area contributed by atoms with Crippen LogP contribution >= 0.6 is 0 Å². The maximum Gasteiger partial charge on any atom is 0.433 e. The van der Waals surface area contributed by atoms with Crippen LogP contribution in [-0.4, -0.2) is 74.3 Å². The Kier molecular flexibility index (Phi) is 7.92. The number of benzene rings is 1. The smallest absolute Gasteiger partial charge is 0.382 e. The van der Waals surface area contributed by atoms with Crippen LogP contribution in [0.2, 0.25) is 0 Å². The van der Waals surface area contributed by atoms with E-state index in [1.165, 1.54) is 17.3 Å². The number of nitrogens with two attached hydrogens (primary N) is 1. The third-order valence-electron chi connectivity index (χ3n) is 6.64. The van der Waals surface area contributed by atoms with Gasteiger partial charge in [-0.05, 0) is 35.9 Å². The minimum atomic E-state index is -4.65. The Morgan fingerprint density at radius 1 is 0.929 bits per heavy atom. The van der Waals surface area contributed by atoms with Gasteiger partial charge in [-0.15, -0.1) is 0 Å². The van der Waals surface area contributed by atoms with Crippen molar-refractivity contribution in [2.45, 2.75) is 18.9 Å². The first-order chi connectivity index (χ1) is 19.9. The average Bonchev–Trinajstić information content (AvgIpc) is 3.28. The lowest BCUT2D eigenvalue weighted by molar-refractivity contribution is -0.149. The number of piperazine rings is 1. The number of nitrogen functional groups attached to an aromatic ring is 1. The predicted octanol–water partition coefficient (Wildman–Crippen LogP) is 4.72. The van der Waals surface area contributed by atoms with Crippen molar-refractivity contribution < 1.29 is 31.1 Å². The first kappa shape index (κ1) is 29.1. The van der Waals surface area contributed by atoms with Crippen LogP contribution in [0.5, 0.6) is 0 Å². The zero-order valence-corrected chi connectivity index (χ0v) is 21.9. The molecule has 1 saturated heterocycles. The number of halogens is 6. The number of amides is 2. The normalized spacial score (nSPS) is 15.2. The molecule has 1 fully saturated rings. The summed E-state index contributed by atoms with van der Waals surface area (Å²) in [7, 11) is 0. The molecule has 0 aliphatic carbocycles. The Balaban J connectivity index is 1.28. The Labute approximate surface area is 235 Å². The van der Waals surface area contributed by atoms with Crippen LogP contribution in [0.25, 0.3) is 16.6 Å². The van der Waals surface area contributed by atoms with Gasteiger partial charge in [0.1, 0.15) is 23.4 Å². The minimum Gasteiger partial charge on any atom is -0.382 e. The zero-order chi connectivity index (χ0) is 30.1. The SMILES string of the molecule is Nc1ncnn2c(CN3CCN(CC(F)(F)F)CC3)cc(-c3ccc(NC(=O)Nc4cccc(C(F)(F)F)n4)cc3)c12. The van der Waals surface area contributed by atoms with E-state index in [1.54, 1.807) is 28.8 Å². The van der Waals surface area contributed by atoms with Crippen LogP contribution in [0.15, 0.2) is 54.9 Å². The highest BCUT2D eigenvalue weighted by Crippen LogP contribution is 2.32. The highest BCUT2D eigenvalue weighted by atomic mass is 19.4. The summed E-state index contributed by atoms with van der Waals surface area (Å²) in [5.41, 5.74) is 8.18. The van der Waals surface area contributed by atoms with Crippen LogP contribution in [0, 0.1) is 0 Å². The third-order valence-corrected chi connectivity index (χ3v) is 6.64. The first-order valence-corrected chi connectivity index (χ1v) is 12.7. The van der Waals surface area contributed by atoms with Crippen molar-refractivity contribution in [2.24, 2.45) is 0 Å². The van der Waals surface area contributed by atoms with Crippen molar-refractivity contribution in [2.75, 3.05) is 49.1 Å². The zero-order valence-electron chi connectivity index (χ0n) is 21.9. The van der Waals surface area contributed by atoms with Gasteiger partial charge in [0.2, 0.25) is 0 Å². The average molecular weight is 594 g/mol. The van der Waals surface area contributed by atoms with Gasteiger partial charge in [0.15, 0.2) is 5.82 Å². The number of nitrogens with zero attached hydrogens (tertiary/aromatic N) is 6. The molecule has 0 atom stereocenters. The Bertz CT molecular complexity index is 1560. The fourth-order valence-electron chi connectivity index (χ4n) is 4.73. The fourth-order valence-corrected chi connectivity index (χ4v) is 4.73. The minimum absolute atomic E-state index is 0.233. The molecule has 1 aliphatic heterocycles. The van der Waals surface area contributed by atoms with E-state index in [0.717, 1.165) is 23.4 Å². The van der Waals surface area contributed by atoms with Gasteiger partial charge < -0.3 is 11.1 Å². The van der Waals surface area contributed by atoms with Crippen LogP contribution in [-0.2, 0) is 12.7 Å². The van der Waals surface area contributed by atoms with E-state index in [2.05, 4.69) is 25.7 Å². The summed E-state index contributed by atoms with van der Waals surface area (Å²) in [6.45, 7) is 0.991. The van der Waals surface area contributed by atoms with Crippen LogP contribution in [0.3, 0.4) is 0 Å². The molecule has 222 valence electrons. The first-order valence-electron chi connectivity index (χ1n) is 12.7. The molecule has 16 heteroatoms. The number of pyridine rings is 1. The van der Waals surface area contributed by atoms with E-state index in [9.17, 15) is 31.1 Å². The second-order valence-electron chi connectivity index (χ2n) is 9.68. The molecular weight excluding hydrogens is 568 g/mol. The molecule has 4 N–H and O–H groups in total. The predicted molar refractivity (Wildman–Crippen MR) is 142 cm³/mol. The lowest BCUT2D eigenvalue weighted by Crippen LogP contribution is -2.48. The van der Waals surface area contributed by atoms with Crippen molar-refractivity contribution in [1.82, 2.24) is 29.4 Å². The van der Waals surface area contributed by atoms with Gasteiger partial charge in [-0.3, -0.25) is 15.1 Å². The second-order valence-corrected chi connectivity index (χ2v) is 9.68. The number of anilines is 3. The Hall–Kier alpha value is -4.44.